The molecule has 9 rings (SSSR count). The molecule has 0 aliphatic heterocycles. The molecule has 0 spiro atoms. The molecule has 4 nitrogen and oxygen atoms in total. The summed E-state index contributed by atoms with van der Waals surface area (Å²) in [7, 11) is 0. The van der Waals surface area contributed by atoms with E-state index < -0.39 is 0 Å². The molecule has 1 unspecified atom stereocenters. The van der Waals surface area contributed by atoms with E-state index in [1.54, 1.807) is 0 Å². The van der Waals surface area contributed by atoms with E-state index >= 15 is 0 Å². The predicted molar refractivity (Wildman–Crippen MR) is 183 cm³/mol. The standard InChI is InChI=1S/C41H27N3O/c1-3-10-30-24-32(22-18-26(30)8-1)28-16-20-29(21-17-28)39-42-40(33-23-19-27-9-2-4-11-31(27)25-33)44-41(43-39)35-13-7-15-37-38(35)34-12-5-6-14-36(34)45-37/h1-23,25,32H,24H2. The van der Waals surface area contributed by atoms with Crippen LogP contribution in [0.1, 0.15) is 22.6 Å². The minimum absolute atomic E-state index is 0.336. The summed E-state index contributed by atoms with van der Waals surface area (Å²) in [5.74, 6) is 2.24. The summed E-state index contributed by atoms with van der Waals surface area (Å²) in [6, 6.07) is 46.3. The van der Waals surface area contributed by atoms with Gasteiger partial charge in [-0.3, -0.25) is 0 Å². The van der Waals surface area contributed by atoms with E-state index in [9.17, 15) is 0 Å². The van der Waals surface area contributed by atoms with E-state index in [0.717, 1.165) is 50.4 Å². The van der Waals surface area contributed by atoms with Crippen molar-refractivity contribution in [2.45, 2.75) is 12.3 Å². The molecule has 0 radical (unpaired) electrons. The second kappa shape index (κ2) is 10.4. The van der Waals surface area contributed by atoms with Gasteiger partial charge in [-0.2, -0.15) is 0 Å². The van der Waals surface area contributed by atoms with E-state index in [-0.39, 0.29) is 0 Å². The van der Waals surface area contributed by atoms with Crippen molar-refractivity contribution in [3.63, 3.8) is 0 Å². The van der Waals surface area contributed by atoms with Crippen LogP contribution in [0.4, 0.5) is 0 Å². The smallest absolute Gasteiger partial charge is 0.164 e. The normalized spacial score (nSPS) is 14.3. The van der Waals surface area contributed by atoms with Crippen molar-refractivity contribution >= 4 is 38.8 Å². The molecule has 2 heterocycles. The van der Waals surface area contributed by atoms with Crippen molar-refractivity contribution in [1.82, 2.24) is 15.0 Å². The Balaban J connectivity index is 1.18. The molecule has 45 heavy (non-hydrogen) atoms. The topological polar surface area (TPSA) is 51.8 Å². The van der Waals surface area contributed by atoms with Crippen LogP contribution in [-0.2, 0) is 6.42 Å². The number of aromatic nitrogens is 3. The molecule has 1 aliphatic rings. The van der Waals surface area contributed by atoms with Gasteiger partial charge >= 0.3 is 0 Å². The summed E-state index contributed by atoms with van der Waals surface area (Å²) in [6.45, 7) is 0. The van der Waals surface area contributed by atoms with Crippen LogP contribution >= 0.6 is 0 Å². The van der Waals surface area contributed by atoms with Crippen molar-refractivity contribution in [3.8, 4) is 34.2 Å². The minimum Gasteiger partial charge on any atom is -0.456 e. The molecule has 6 aromatic carbocycles. The SMILES string of the molecule is C1=CC(c2ccc(-c3nc(-c4ccc5ccccc5c4)nc(-c4cccc5oc6ccccc6c45)n3)cc2)Cc2ccccc21. The molecule has 1 aliphatic carbocycles. The highest BCUT2D eigenvalue weighted by Crippen LogP contribution is 2.37. The van der Waals surface area contributed by atoms with Crippen molar-refractivity contribution in [1.29, 1.82) is 0 Å². The Labute approximate surface area is 260 Å². The third-order valence-electron chi connectivity index (χ3n) is 8.89. The van der Waals surface area contributed by atoms with Gasteiger partial charge in [0.25, 0.3) is 0 Å². The lowest BCUT2D eigenvalue weighted by molar-refractivity contribution is 0.669. The molecule has 0 amide bonds. The molecular formula is C41H27N3O. The Kier molecular flexibility index (Phi) is 5.91. The molecule has 4 heteroatoms. The third-order valence-corrected chi connectivity index (χ3v) is 8.89. The summed E-state index contributed by atoms with van der Waals surface area (Å²) in [5.41, 5.74) is 8.46. The Morgan fingerprint density at radius 3 is 2.18 bits per heavy atom. The van der Waals surface area contributed by atoms with Gasteiger partial charge in [-0.25, -0.2) is 15.0 Å². The average molecular weight is 578 g/mol. The minimum atomic E-state index is 0.336. The van der Waals surface area contributed by atoms with Gasteiger partial charge in [0, 0.05) is 33.4 Å². The van der Waals surface area contributed by atoms with Crippen LogP contribution in [0, 0.1) is 0 Å². The molecule has 8 aromatic rings. The summed E-state index contributed by atoms with van der Waals surface area (Å²) in [4.78, 5) is 15.2. The molecule has 0 saturated carbocycles. The zero-order valence-electron chi connectivity index (χ0n) is 24.4. The van der Waals surface area contributed by atoms with Crippen molar-refractivity contribution < 1.29 is 4.42 Å². The largest absolute Gasteiger partial charge is 0.456 e. The third kappa shape index (κ3) is 4.50. The average Bonchev–Trinajstić information content (AvgIpc) is 3.50. The first-order valence-electron chi connectivity index (χ1n) is 15.3. The van der Waals surface area contributed by atoms with E-state index in [2.05, 4.69) is 115 Å². The van der Waals surface area contributed by atoms with Gasteiger partial charge in [-0.05, 0) is 52.1 Å². The van der Waals surface area contributed by atoms with Crippen molar-refractivity contribution in [2.75, 3.05) is 0 Å². The molecule has 0 N–H and O–H groups in total. The zero-order valence-corrected chi connectivity index (χ0v) is 24.4. The number of fused-ring (bicyclic) bond motifs is 5. The van der Waals surface area contributed by atoms with E-state index in [0.29, 0.717) is 23.4 Å². The fourth-order valence-electron chi connectivity index (χ4n) is 6.56. The molecular weight excluding hydrogens is 550 g/mol. The van der Waals surface area contributed by atoms with Crippen LogP contribution in [-0.4, -0.2) is 15.0 Å². The summed E-state index contributed by atoms with van der Waals surface area (Å²) in [6.07, 6.45) is 5.55. The number of hydrogen-bond acceptors (Lipinski definition) is 4. The molecule has 0 fully saturated rings. The molecule has 0 bridgehead atoms. The van der Waals surface area contributed by atoms with Crippen LogP contribution in [0.2, 0.25) is 0 Å². The van der Waals surface area contributed by atoms with Crippen LogP contribution in [0.15, 0.2) is 144 Å². The van der Waals surface area contributed by atoms with E-state index in [4.69, 9.17) is 19.4 Å². The maximum absolute atomic E-state index is 6.21. The lowest BCUT2D eigenvalue weighted by atomic mass is 9.85. The second-order valence-corrected chi connectivity index (χ2v) is 11.6. The monoisotopic (exact) mass is 577 g/mol. The Morgan fingerprint density at radius 1 is 0.556 bits per heavy atom. The maximum Gasteiger partial charge on any atom is 0.164 e. The van der Waals surface area contributed by atoms with Gasteiger partial charge in [0.1, 0.15) is 11.2 Å². The number of furan rings is 1. The lowest BCUT2D eigenvalue weighted by Crippen LogP contribution is -2.05. The first-order valence-corrected chi connectivity index (χ1v) is 15.3. The lowest BCUT2D eigenvalue weighted by Gasteiger charge is -2.20. The maximum atomic E-state index is 6.21. The molecule has 212 valence electrons. The second-order valence-electron chi connectivity index (χ2n) is 11.6. The predicted octanol–water partition coefficient (Wildman–Crippen LogP) is 10.3. The number of benzene rings is 6. The number of nitrogens with zero attached hydrogens (tertiary/aromatic N) is 3. The van der Waals surface area contributed by atoms with Crippen LogP contribution in [0.5, 0.6) is 0 Å². The van der Waals surface area contributed by atoms with Gasteiger partial charge in [-0.15, -0.1) is 0 Å². The zero-order chi connectivity index (χ0) is 29.7. The fraction of sp³-hybridized carbons (Fsp3) is 0.0488. The van der Waals surface area contributed by atoms with E-state index in [1.807, 2.05) is 30.3 Å². The Bertz CT molecular complexity index is 2420. The Hall–Kier alpha value is -5.87. The van der Waals surface area contributed by atoms with Crippen molar-refractivity contribution in [2.24, 2.45) is 0 Å². The van der Waals surface area contributed by atoms with Gasteiger partial charge in [0.2, 0.25) is 0 Å². The molecule has 2 aromatic heterocycles. The highest BCUT2D eigenvalue weighted by Gasteiger charge is 2.19. The van der Waals surface area contributed by atoms with Gasteiger partial charge in [-0.1, -0.05) is 127 Å². The highest BCUT2D eigenvalue weighted by atomic mass is 16.3. The Morgan fingerprint density at radius 2 is 1.27 bits per heavy atom. The highest BCUT2D eigenvalue weighted by molar-refractivity contribution is 6.11. The number of rotatable bonds is 4. The molecule has 0 saturated heterocycles. The number of para-hydroxylation sites is 1. The van der Waals surface area contributed by atoms with Gasteiger partial charge in [0.15, 0.2) is 17.5 Å². The van der Waals surface area contributed by atoms with Crippen molar-refractivity contribution in [3.05, 3.63) is 156 Å². The first kappa shape index (κ1) is 25.6. The van der Waals surface area contributed by atoms with E-state index in [1.165, 1.54) is 22.1 Å². The van der Waals surface area contributed by atoms with Crippen LogP contribution < -0.4 is 0 Å². The van der Waals surface area contributed by atoms with Gasteiger partial charge in [0.05, 0.1) is 0 Å². The van der Waals surface area contributed by atoms with Crippen LogP contribution in [0.25, 0.3) is 73.0 Å². The number of allylic oxidation sites excluding steroid dienone is 1. The number of hydrogen-bond donors (Lipinski definition) is 0. The summed E-state index contributed by atoms with van der Waals surface area (Å²) in [5, 5.41) is 4.38. The molecule has 1 atom stereocenters. The fourth-order valence-corrected chi connectivity index (χ4v) is 6.56. The quantitative estimate of drug-likeness (QED) is 0.209. The van der Waals surface area contributed by atoms with Crippen LogP contribution in [0.3, 0.4) is 0 Å². The summed E-state index contributed by atoms with van der Waals surface area (Å²) < 4.78 is 6.21. The first-order chi connectivity index (χ1) is 22.3. The van der Waals surface area contributed by atoms with Gasteiger partial charge < -0.3 is 4.42 Å². The summed E-state index contributed by atoms with van der Waals surface area (Å²) >= 11 is 0.